The number of carbonyl (C=O) groups excluding carboxylic acids is 1. The van der Waals surface area contributed by atoms with Crippen LogP contribution in [0.1, 0.15) is 19.4 Å². The van der Waals surface area contributed by atoms with Crippen molar-refractivity contribution in [1.82, 2.24) is 10.6 Å². The van der Waals surface area contributed by atoms with E-state index in [0.29, 0.717) is 17.1 Å². The Bertz CT molecular complexity index is 518. The minimum Gasteiger partial charge on any atom is -0.359 e. The summed E-state index contributed by atoms with van der Waals surface area (Å²) < 4.78 is 0. The molecule has 0 saturated carbocycles. The van der Waals surface area contributed by atoms with Crippen molar-refractivity contribution in [2.24, 2.45) is 5.41 Å². The normalized spacial score (nSPS) is 11.2. The molecule has 20 heavy (non-hydrogen) atoms. The highest BCUT2D eigenvalue weighted by molar-refractivity contribution is 6.31. The molecule has 0 saturated heterocycles. The van der Waals surface area contributed by atoms with E-state index >= 15 is 0 Å². The third kappa shape index (κ3) is 3.91. The Kier molecular flexibility index (Phi) is 5.47. The van der Waals surface area contributed by atoms with Crippen LogP contribution in [0.5, 0.6) is 0 Å². The summed E-state index contributed by atoms with van der Waals surface area (Å²) in [7, 11) is 1.57. The number of hydrogen-bond donors (Lipinski definition) is 2. The van der Waals surface area contributed by atoms with Crippen molar-refractivity contribution in [1.29, 1.82) is 0 Å². The average molecular weight is 300 g/mol. The SMILES string of the molecule is CNC(=O)C(C)(C)CNCc1c(Cl)cccc1[N+](=O)[O-]. The maximum Gasteiger partial charge on any atom is 0.275 e. The van der Waals surface area contributed by atoms with E-state index in [1.807, 2.05) is 0 Å². The van der Waals surface area contributed by atoms with Crippen molar-refractivity contribution in [3.63, 3.8) is 0 Å². The number of amides is 1. The largest absolute Gasteiger partial charge is 0.359 e. The van der Waals surface area contributed by atoms with Gasteiger partial charge in [0.15, 0.2) is 0 Å². The fourth-order valence-corrected chi connectivity index (χ4v) is 2.05. The van der Waals surface area contributed by atoms with Gasteiger partial charge in [-0.05, 0) is 19.9 Å². The van der Waals surface area contributed by atoms with E-state index in [0.717, 1.165) is 0 Å². The smallest absolute Gasteiger partial charge is 0.275 e. The lowest BCUT2D eigenvalue weighted by Gasteiger charge is -2.23. The molecule has 0 atom stereocenters. The number of rotatable bonds is 6. The zero-order chi connectivity index (χ0) is 15.3. The van der Waals surface area contributed by atoms with E-state index in [4.69, 9.17) is 11.6 Å². The predicted molar refractivity (Wildman–Crippen MR) is 77.7 cm³/mol. The fourth-order valence-electron chi connectivity index (χ4n) is 1.81. The number of nitrogens with one attached hydrogen (secondary N) is 2. The molecule has 1 amide bonds. The monoisotopic (exact) mass is 299 g/mol. The minimum absolute atomic E-state index is 0.0252. The summed E-state index contributed by atoms with van der Waals surface area (Å²) in [4.78, 5) is 22.1. The third-order valence-corrected chi connectivity index (χ3v) is 3.36. The molecule has 0 spiro atoms. The van der Waals surface area contributed by atoms with Crippen LogP contribution in [-0.4, -0.2) is 24.4 Å². The number of carbonyl (C=O) groups is 1. The average Bonchev–Trinajstić information content (AvgIpc) is 2.39. The molecular formula is C13H18ClN3O3. The van der Waals surface area contributed by atoms with Gasteiger partial charge in [-0.1, -0.05) is 17.7 Å². The highest BCUT2D eigenvalue weighted by Gasteiger charge is 2.26. The lowest BCUT2D eigenvalue weighted by Crippen LogP contribution is -2.41. The molecule has 1 rings (SSSR count). The van der Waals surface area contributed by atoms with Crippen molar-refractivity contribution in [2.45, 2.75) is 20.4 Å². The molecule has 0 fully saturated rings. The summed E-state index contributed by atoms with van der Waals surface area (Å²) in [5.74, 6) is -0.0985. The van der Waals surface area contributed by atoms with Gasteiger partial charge in [-0.3, -0.25) is 14.9 Å². The second kappa shape index (κ2) is 6.67. The molecular weight excluding hydrogens is 282 g/mol. The van der Waals surface area contributed by atoms with E-state index in [1.165, 1.54) is 6.07 Å². The van der Waals surface area contributed by atoms with Gasteiger partial charge in [-0.2, -0.15) is 0 Å². The number of nitro groups is 1. The lowest BCUT2D eigenvalue weighted by atomic mass is 9.92. The standard InChI is InChI=1S/C13H18ClN3O3/c1-13(2,12(18)15-3)8-16-7-9-10(14)5-4-6-11(9)17(19)20/h4-6,16H,7-8H2,1-3H3,(H,15,18). The van der Waals surface area contributed by atoms with Crippen LogP contribution in [0.3, 0.4) is 0 Å². The summed E-state index contributed by atoms with van der Waals surface area (Å²) in [6, 6.07) is 4.56. The van der Waals surface area contributed by atoms with Crippen LogP contribution in [0.4, 0.5) is 5.69 Å². The lowest BCUT2D eigenvalue weighted by molar-refractivity contribution is -0.385. The van der Waals surface area contributed by atoms with Gasteiger partial charge in [0.05, 0.1) is 20.9 Å². The van der Waals surface area contributed by atoms with Crippen molar-refractivity contribution in [3.05, 3.63) is 38.9 Å². The van der Waals surface area contributed by atoms with Gasteiger partial charge in [0.2, 0.25) is 5.91 Å². The fraction of sp³-hybridized carbons (Fsp3) is 0.462. The molecule has 0 radical (unpaired) electrons. The van der Waals surface area contributed by atoms with Gasteiger partial charge in [0, 0.05) is 26.2 Å². The summed E-state index contributed by atoms with van der Waals surface area (Å²) in [5, 5.41) is 16.9. The van der Waals surface area contributed by atoms with Crippen LogP contribution >= 0.6 is 11.6 Å². The van der Waals surface area contributed by atoms with Gasteiger partial charge in [-0.15, -0.1) is 0 Å². The van der Waals surface area contributed by atoms with Gasteiger partial charge < -0.3 is 10.6 Å². The molecule has 0 unspecified atom stereocenters. The first-order chi connectivity index (χ1) is 9.29. The number of nitro benzene ring substituents is 1. The van der Waals surface area contributed by atoms with Crippen molar-refractivity contribution >= 4 is 23.2 Å². The van der Waals surface area contributed by atoms with E-state index in [1.54, 1.807) is 33.0 Å². The number of benzene rings is 1. The number of halogens is 1. The van der Waals surface area contributed by atoms with Crippen LogP contribution in [-0.2, 0) is 11.3 Å². The molecule has 1 aromatic rings. The maximum atomic E-state index is 11.6. The highest BCUT2D eigenvalue weighted by atomic mass is 35.5. The first-order valence-electron chi connectivity index (χ1n) is 6.14. The van der Waals surface area contributed by atoms with Gasteiger partial charge in [0.1, 0.15) is 0 Å². The van der Waals surface area contributed by atoms with E-state index < -0.39 is 10.3 Å². The molecule has 0 aromatic heterocycles. The molecule has 0 aliphatic carbocycles. The van der Waals surface area contributed by atoms with Gasteiger partial charge in [0.25, 0.3) is 5.69 Å². The highest BCUT2D eigenvalue weighted by Crippen LogP contribution is 2.26. The maximum absolute atomic E-state index is 11.6. The van der Waals surface area contributed by atoms with Crippen LogP contribution in [0.25, 0.3) is 0 Å². The number of hydrogen-bond acceptors (Lipinski definition) is 4. The topological polar surface area (TPSA) is 84.3 Å². The summed E-state index contributed by atoms with van der Waals surface area (Å²) in [6.45, 7) is 4.20. The molecule has 2 N–H and O–H groups in total. The Morgan fingerprint density at radius 1 is 1.45 bits per heavy atom. The van der Waals surface area contributed by atoms with Crippen molar-refractivity contribution in [2.75, 3.05) is 13.6 Å². The number of nitrogens with zero attached hydrogens (tertiary/aromatic N) is 1. The van der Waals surface area contributed by atoms with Crippen molar-refractivity contribution in [3.8, 4) is 0 Å². The molecule has 0 heterocycles. The summed E-state index contributed by atoms with van der Waals surface area (Å²) >= 11 is 5.99. The van der Waals surface area contributed by atoms with Gasteiger partial charge in [-0.25, -0.2) is 0 Å². The Morgan fingerprint density at radius 2 is 2.10 bits per heavy atom. The van der Waals surface area contributed by atoms with Crippen LogP contribution in [0.15, 0.2) is 18.2 Å². The Labute approximate surface area is 122 Å². The third-order valence-electron chi connectivity index (χ3n) is 3.00. The molecule has 110 valence electrons. The van der Waals surface area contributed by atoms with E-state index in [2.05, 4.69) is 10.6 Å². The van der Waals surface area contributed by atoms with Crippen molar-refractivity contribution < 1.29 is 9.72 Å². The molecule has 6 nitrogen and oxygen atoms in total. The van der Waals surface area contributed by atoms with E-state index in [9.17, 15) is 14.9 Å². The van der Waals surface area contributed by atoms with Gasteiger partial charge >= 0.3 is 0 Å². The molecule has 0 aliphatic heterocycles. The Balaban J connectivity index is 2.76. The van der Waals surface area contributed by atoms with Crippen LogP contribution in [0, 0.1) is 15.5 Å². The minimum atomic E-state index is -0.606. The predicted octanol–water partition coefficient (Wildman–Crippen LogP) is 2.11. The molecule has 0 aliphatic rings. The second-order valence-electron chi connectivity index (χ2n) is 5.06. The first kappa shape index (κ1) is 16.4. The zero-order valence-electron chi connectivity index (χ0n) is 11.7. The second-order valence-corrected chi connectivity index (χ2v) is 5.47. The summed E-state index contributed by atoms with van der Waals surface area (Å²) in [6.07, 6.45) is 0. The molecule has 1 aromatic carbocycles. The van der Waals surface area contributed by atoms with Crippen LogP contribution < -0.4 is 10.6 Å². The summed E-state index contributed by atoms with van der Waals surface area (Å²) in [5.41, 5.74) is -0.209. The Morgan fingerprint density at radius 3 is 2.65 bits per heavy atom. The van der Waals surface area contributed by atoms with E-state index in [-0.39, 0.29) is 18.1 Å². The Hall–Kier alpha value is -1.66. The molecule has 7 heteroatoms. The quantitative estimate of drug-likeness (QED) is 0.622. The first-order valence-corrected chi connectivity index (χ1v) is 6.52. The van der Waals surface area contributed by atoms with Crippen LogP contribution in [0.2, 0.25) is 5.02 Å². The molecule has 0 bridgehead atoms. The zero-order valence-corrected chi connectivity index (χ0v) is 12.5.